The van der Waals surface area contributed by atoms with Gasteiger partial charge in [-0.05, 0) is 50.6 Å². The maximum atomic E-state index is 12.7. The molecular weight excluding hydrogens is 362 g/mol. The second-order valence-electron chi connectivity index (χ2n) is 5.97. The van der Waals surface area contributed by atoms with Gasteiger partial charge in [-0.2, -0.15) is 0 Å². The van der Waals surface area contributed by atoms with Gasteiger partial charge in [-0.25, -0.2) is 0 Å². The predicted octanol–water partition coefficient (Wildman–Crippen LogP) is 3.54. The summed E-state index contributed by atoms with van der Waals surface area (Å²) < 4.78 is 27.7. The molecule has 7 nitrogen and oxygen atoms in total. The van der Waals surface area contributed by atoms with E-state index < -0.39 is 0 Å². The molecule has 2 aromatic rings. The van der Waals surface area contributed by atoms with Gasteiger partial charge in [-0.3, -0.25) is 4.79 Å². The molecule has 1 aliphatic heterocycles. The fraction of sp³-hybridized carbons (Fsp3) is 0.381. The number of ether oxygens (including phenoxy) is 5. The Kier molecular flexibility index (Phi) is 6.47. The van der Waals surface area contributed by atoms with E-state index in [0.29, 0.717) is 60.7 Å². The fourth-order valence-corrected chi connectivity index (χ4v) is 2.86. The zero-order valence-corrected chi connectivity index (χ0v) is 16.4. The minimum Gasteiger partial charge on any atom is -0.490 e. The Bertz CT molecular complexity index is 809. The first kappa shape index (κ1) is 19.7. The summed E-state index contributed by atoms with van der Waals surface area (Å²) in [5.41, 5.74) is 1.36. The minimum absolute atomic E-state index is 0.220. The van der Waals surface area contributed by atoms with Gasteiger partial charge < -0.3 is 29.0 Å². The van der Waals surface area contributed by atoms with Gasteiger partial charge in [0, 0.05) is 12.1 Å². The summed E-state index contributed by atoms with van der Waals surface area (Å²) in [4.78, 5) is 12.7. The van der Waals surface area contributed by atoms with Crippen molar-refractivity contribution in [2.75, 3.05) is 26.6 Å². The average Bonchev–Trinajstić information content (AvgIpc) is 3.16. The first-order chi connectivity index (χ1) is 13.7. The Hall–Kier alpha value is -3.09. The van der Waals surface area contributed by atoms with Crippen LogP contribution in [0.1, 0.15) is 36.7 Å². The molecule has 3 rings (SSSR count). The summed E-state index contributed by atoms with van der Waals surface area (Å²) in [6, 6.07) is 8.93. The van der Waals surface area contributed by atoms with Crippen LogP contribution in [0.15, 0.2) is 30.3 Å². The van der Waals surface area contributed by atoms with Crippen LogP contribution < -0.4 is 29.0 Å². The summed E-state index contributed by atoms with van der Waals surface area (Å²) >= 11 is 0. The highest BCUT2D eigenvalue weighted by molar-refractivity contribution is 5.95. The number of nitrogens with one attached hydrogen (secondary N) is 1. The molecule has 1 N–H and O–H groups in total. The lowest BCUT2D eigenvalue weighted by Gasteiger charge is -2.17. The van der Waals surface area contributed by atoms with Gasteiger partial charge in [0.2, 0.25) is 12.5 Å². The SMILES string of the molecule is CCOc1cc(C(=O)NCc2ccc3c(c2)OCO3)cc(OCC)c1OCC. The molecule has 0 saturated heterocycles. The minimum atomic E-state index is -0.234. The predicted molar refractivity (Wildman–Crippen MR) is 104 cm³/mol. The Morgan fingerprint density at radius 1 is 0.929 bits per heavy atom. The van der Waals surface area contributed by atoms with Crippen LogP contribution in [0, 0.1) is 0 Å². The van der Waals surface area contributed by atoms with Crippen LogP contribution in [0.4, 0.5) is 0 Å². The highest BCUT2D eigenvalue weighted by Gasteiger charge is 2.19. The second-order valence-corrected chi connectivity index (χ2v) is 5.97. The summed E-state index contributed by atoms with van der Waals surface area (Å²) in [7, 11) is 0. The summed E-state index contributed by atoms with van der Waals surface area (Å²) in [5.74, 6) is 2.66. The molecule has 0 aliphatic carbocycles. The van der Waals surface area contributed by atoms with Crippen LogP contribution in [-0.2, 0) is 6.54 Å². The molecule has 0 aromatic heterocycles. The molecular formula is C21H25NO6. The number of amides is 1. The lowest BCUT2D eigenvalue weighted by molar-refractivity contribution is 0.0949. The molecule has 0 fully saturated rings. The number of benzene rings is 2. The van der Waals surface area contributed by atoms with Crippen LogP contribution in [-0.4, -0.2) is 32.5 Å². The van der Waals surface area contributed by atoms with Crippen molar-refractivity contribution >= 4 is 5.91 Å². The van der Waals surface area contributed by atoms with Crippen LogP contribution in [0.3, 0.4) is 0 Å². The first-order valence-electron chi connectivity index (χ1n) is 9.39. The van der Waals surface area contributed by atoms with E-state index in [1.165, 1.54) is 0 Å². The maximum Gasteiger partial charge on any atom is 0.251 e. The van der Waals surface area contributed by atoms with Gasteiger partial charge in [-0.15, -0.1) is 0 Å². The van der Waals surface area contributed by atoms with Gasteiger partial charge in [-0.1, -0.05) is 6.07 Å². The van der Waals surface area contributed by atoms with Crippen LogP contribution in [0.2, 0.25) is 0 Å². The van der Waals surface area contributed by atoms with E-state index in [0.717, 1.165) is 5.56 Å². The molecule has 0 bridgehead atoms. The van der Waals surface area contributed by atoms with Gasteiger partial charge in [0.25, 0.3) is 5.91 Å². The van der Waals surface area contributed by atoms with Crippen molar-refractivity contribution < 1.29 is 28.5 Å². The van der Waals surface area contributed by atoms with Crippen molar-refractivity contribution in [2.24, 2.45) is 0 Å². The van der Waals surface area contributed by atoms with Gasteiger partial charge in [0.05, 0.1) is 19.8 Å². The number of hydrogen-bond acceptors (Lipinski definition) is 6. The molecule has 0 unspecified atom stereocenters. The van der Waals surface area contributed by atoms with Gasteiger partial charge in [0.1, 0.15) is 0 Å². The summed E-state index contributed by atoms with van der Waals surface area (Å²) in [5, 5.41) is 2.91. The first-order valence-corrected chi connectivity index (χ1v) is 9.39. The molecule has 1 heterocycles. The number of fused-ring (bicyclic) bond motifs is 1. The summed E-state index contributed by atoms with van der Waals surface area (Å²) in [6.45, 7) is 7.59. The standard InChI is InChI=1S/C21H25NO6/c1-4-24-18-10-15(11-19(25-5-2)20(18)26-6-3)21(23)22-12-14-7-8-16-17(9-14)28-13-27-16/h7-11H,4-6,12-13H2,1-3H3,(H,22,23). The molecule has 0 saturated carbocycles. The van der Waals surface area contributed by atoms with E-state index in [1.807, 2.05) is 39.0 Å². The van der Waals surface area contributed by atoms with E-state index >= 15 is 0 Å². The monoisotopic (exact) mass is 387 g/mol. The Balaban J connectivity index is 1.78. The second kappa shape index (κ2) is 9.21. The molecule has 150 valence electrons. The van der Waals surface area contributed by atoms with Crippen molar-refractivity contribution in [1.82, 2.24) is 5.32 Å². The molecule has 28 heavy (non-hydrogen) atoms. The van der Waals surface area contributed by atoms with E-state index in [9.17, 15) is 4.79 Å². The smallest absolute Gasteiger partial charge is 0.251 e. The molecule has 0 atom stereocenters. The number of hydrogen-bond donors (Lipinski definition) is 1. The zero-order chi connectivity index (χ0) is 19.9. The fourth-order valence-electron chi connectivity index (χ4n) is 2.86. The number of carbonyl (C=O) groups is 1. The Morgan fingerprint density at radius 3 is 2.21 bits per heavy atom. The van der Waals surface area contributed by atoms with Crippen LogP contribution >= 0.6 is 0 Å². The van der Waals surface area contributed by atoms with Crippen LogP contribution in [0.5, 0.6) is 28.7 Å². The molecule has 1 aliphatic rings. The van der Waals surface area contributed by atoms with Gasteiger partial charge in [0.15, 0.2) is 23.0 Å². The van der Waals surface area contributed by atoms with E-state index in [1.54, 1.807) is 12.1 Å². The van der Waals surface area contributed by atoms with Crippen molar-refractivity contribution in [3.8, 4) is 28.7 Å². The number of carbonyl (C=O) groups excluding carboxylic acids is 1. The third kappa shape index (κ3) is 4.42. The van der Waals surface area contributed by atoms with Crippen molar-refractivity contribution in [1.29, 1.82) is 0 Å². The van der Waals surface area contributed by atoms with Crippen molar-refractivity contribution in [3.05, 3.63) is 41.5 Å². The highest BCUT2D eigenvalue weighted by atomic mass is 16.7. The third-order valence-electron chi connectivity index (χ3n) is 4.06. The van der Waals surface area contributed by atoms with Crippen LogP contribution in [0.25, 0.3) is 0 Å². The maximum absolute atomic E-state index is 12.7. The lowest BCUT2D eigenvalue weighted by atomic mass is 10.1. The topological polar surface area (TPSA) is 75.3 Å². The third-order valence-corrected chi connectivity index (χ3v) is 4.06. The number of rotatable bonds is 9. The van der Waals surface area contributed by atoms with E-state index in [-0.39, 0.29) is 12.7 Å². The van der Waals surface area contributed by atoms with Gasteiger partial charge >= 0.3 is 0 Å². The zero-order valence-electron chi connectivity index (χ0n) is 16.4. The Morgan fingerprint density at radius 2 is 1.57 bits per heavy atom. The normalized spacial score (nSPS) is 11.8. The molecule has 0 spiro atoms. The quantitative estimate of drug-likeness (QED) is 0.709. The lowest BCUT2D eigenvalue weighted by Crippen LogP contribution is -2.23. The van der Waals surface area contributed by atoms with E-state index in [4.69, 9.17) is 23.7 Å². The highest BCUT2D eigenvalue weighted by Crippen LogP contribution is 2.39. The molecule has 0 radical (unpaired) electrons. The summed E-state index contributed by atoms with van der Waals surface area (Å²) in [6.07, 6.45) is 0. The Labute approximate surface area is 164 Å². The van der Waals surface area contributed by atoms with Crippen molar-refractivity contribution in [2.45, 2.75) is 27.3 Å². The molecule has 7 heteroatoms. The average molecular weight is 387 g/mol. The molecule has 2 aromatic carbocycles. The van der Waals surface area contributed by atoms with E-state index in [2.05, 4.69) is 5.32 Å². The largest absolute Gasteiger partial charge is 0.490 e. The molecule has 1 amide bonds. The van der Waals surface area contributed by atoms with Crippen molar-refractivity contribution in [3.63, 3.8) is 0 Å².